The van der Waals surface area contributed by atoms with Crippen LogP contribution in [0, 0.1) is 5.41 Å². The number of guanidine groups is 1. The van der Waals surface area contributed by atoms with Crippen LogP contribution in [0.5, 0.6) is 0 Å². The molecule has 0 spiro atoms. The molecular formula is C24H41N9O11. The van der Waals surface area contributed by atoms with Gasteiger partial charge in [0.15, 0.2) is 5.96 Å². The van der Waals surface area contributed by atoms with Gasteiger partial charge >= 0.3 is 11.9 Å². The third-order valence-corrected chi connectivity index (χ3v) is 6.33. The van der Waals surface area contributed by atoms with E-state index in [0.717, 1.165) is 6.42 Å². The molecule has 1 saturated heterocycles. The van der Waals surface area contributed by atoms with Gasteiger partial charge in [-0.05, 0) is 38.6 Å². The highest BCUT2D eigenvalue weighted by molar-refractivity contribution is 5.96. The van der Waals surface area contributed by atoms with E-state index >= 15 is 0 Å². The SMILES string of the molecule is N=C(N)NCCC[C@H](NC(=O)[C@H](CCC(=O)O)NC(=O)[C@H](CO)NC(=O)[C@H](CO)NC(=O)CNC(=O)[C@@H]1CCCN1)C(=O)O. The van der Waals surface area contributed by atoms with Gasteiger partial charge < -0.3 is 63.4 Å². The second kappa shape index (κ2) is 19.6. The molecule has 0 aliphatic carbocycles. The van der Waals surface area contributed by atoms with Gasteiger partial charge in [0.1, 0.15) is 24.2 Å². The van der Waals surface area contributed by atoms with Crippen LogP contribution in [0.3, 0.4) is 0 Å². The highest BCUT2D eigenvalue weighted by Gasteiger charge is 2.31. The van der Waals surface area contributed by atoms with E-state index in [2.05, 4.69) is 37.2 Å². The second-order valence-corrected chi connectivity index (χ2v) is 9.79. The molecule has 1 rings (SSSR count). The maximum atomic E-state index is 12.8. The molecular weight excluding hydrogens is 590 g/mol. The van der Waals surface area contributed by atoms with Gasteiger partial charge in [-0.3, -0.25) is 34.2 Å². The van der Waals surface area contributed by atoms with E-state index in [1.807, 2.05) is 0 Å². The summed E-state index contributed by atoms with van der Waals surface area (Å²) in [6, 6.07) is -6.80. The van der Waals surface area contributed by atoms with Crippen LogP contribution in [0.25, 0.3) is 0 Å². The Morgan fingerprint density at radius 1 is 0.818 bits per heavy atom. The molecule has 20 nitrogen and oxygen atoms in total. The number of aliphatic hydroxyl groups is 2. The van der Waals surface area contributed by atoms with Crippen molar-refractivity contribution >= 4 is 47.4 Å². The molecule has 5 atom stereocenters. The van der Waals surface area contributed by atoms with E-state index in [4.69, 9.17) is 16.2 Å². The third-order valence-electron chi connectivity index (χ3n) is 6.33. The molecule has 44 heavy (non-hydrogen) atoms. The molecule has 0 aromatic carbocycles. The van der Waals surface area contributed by atoms with Gasteiger partial charge in [0.05, 0.1) is 25.8 Å². The molecule has 0 radical (unpaired) electrons. The number of carboxylic acids is 2. The molecule has 14 N–H and O–H groups in total. The quantitative estimate of drug-likeness (QED) is 0.0338. The van der Waals surface area contributed by atoms with Crippen molar-refractivity contribution in [2.24, 2.45) is 5.73 Å². The lowest BCUT2D eigenvalue weighted by atomic mass is 10.1. The Bertz CT molecular complexity index is 1050. The second-order valence-electron chi connectivity index (χ2n) is 9.79. The first kappa shape index (κ1) is 37.5. The summed E-state index contributed by atoms with van der Waals surface area (Å²) >= 11 is 0. The number of nitrogens with one attached hydrogen (secondary N) is 8. The van der Waals surface area contributed by atoms with Crippen molar-refractivity contribution in [2.75, 3.05) is 32.8 Å². The molecule has 0 aromatic heterocycles. The van der Waals surface area contributed by atoms with Crippen LogP contribution in [-0.2, 0) is 33.6 Å². The Hall–Kier alpha value is -4.56. The summed E-state index contributed by atoms with van der Waals surface area (Å²) in [6.07, 6.45) is 0.375. The van der Waals surface area contributed by atoms with Crippen molar-refractivity contribution in [2.45, 2.75) is 68.7 Å². The molecule has 0 unspecified atom stereocenters. The fourth-order valence-corrected chi connectivity index (χ4v) is 3.97. The summed E-state index contributed by atoms with van der Waals surface area (Å²) in [5.41, 5.74) is 5.15. The van der Waals surface area contributed by atoms with Gasteiger partial charge in [-0.1, -0.05) is 0 Å². The third kappa shape index (κ3) is 14.1. The van der Waals surface area contributed by atoms with Gasteiger partial charge in [-0.25, -0.2) is 4.79 Å². The predicted octanol–water partition coefficient (Wildman–Crippen LogP) is -6.01. The van der Waals surface area contributed by atoms with Gasteiger partial charge in [0, 0.05) is 13.0 Å². The molecule has 1 fully saturated rings. The van der Waals surface area contributed by atoms with Crippen molar-refractivity contribution in [1.82, 2.24) is 37.2 Å². The van der Waals surface area contributed by atoms with Gasteiger partial charge in [-0.15, -0.1) is 0 Å². The number of carboxylic acid groups (broad SMARTS) is 2. The van der Waals surface area contributed by atoms with Crippen LogP contribution >= 0.6 is 0 Å². The topological polar surface area (TPSA) is 334 Å². The average Bonchev–Trinajstić information content (AvgIpc) is 3.51. The van der Waals surface area contributed by atoms with Crippen molar-refractivity contribution in [3.8, 4) is 0 Å². The minimum atomic E-state index is -1.73. The monoisotopic (exact) mass is 631 g/mol. The number of carbonyl (C=O) groups excluding carboxylic acids is 5. The summed E-state index contributed by atoms with van der Waals surface area (Å²) in [6.45, 7) is -1.64. The van der Waals surface area contributed by atoms with Gasteiger partial charge in [0.2, 0.25) is 29.5 Å². The minimum Gasteiger partial charge on any atom is -0.481 e. The summed E-state index contributed by atoms with van der Waals surface area (Å²) in [5, 5.41) is 61.3. The highest BCUT2D eigenvalue weighted by atomic mass is 16.4. The maximum Gasteiger partial charge on any atom is 0.326 e. The Balaban J connectivity index is 2.80. The van der Waals surface area contributed by atoms with E-state index < -0.39 is 104 Å². The first-order valence-corrected chi connectivity index (χ1v) is 13.7. The van der Waals surface area contributed by atoms with Crippen LogP contribution in [0.1, 0.15) is 38.5 Å². The van der Waals surface area contributed by atoms with Crippen LogP contribution in [-0.4, -0.2) is 131 Å². The van der Waals surface area contributed by atoms with Crippen molar-refractivity contribution < 1.29 is 54.0 Å². The molecule has 1 aliphatic heterocycles. The van der Waals surface area contributed by atoms with E-state index in [9.17, 15) is 48.9 Å². The first-order chi connectivity index (χ1) is 20.8. The predicted molar refractivity (Wildman–Crippen MR) is 150 cm³/mol. The molecule has 0 bridgehead atoms. The zero-order valence-corrected chi connectivity index (χ0v) is 23.9. The number of hydrogen-bond donors (Lipinski definition) is 13. The van der Waals surface area contributed by atoms with E-state index in [-0.39, 0.29) is 25.3 Å². The van der Waals surface area contributed by atoms with E-state index in [0.29, 0.717) is 13.0 Å². The Labute approximate surface area is 251 Å². The zero-order valence-electron chi connectivity index (χ0n) is 23.9. The minimum absolute atomic E-state index is 0.105. The summed E-state index contributed by atoms with van der Waals surface area (Å²) in [4.78, 5) is 85.2. The van der Waals surface area contributed by atoms with Crippen LogP contribution in [0.2, 0.25) is 0 Å². The normalized spacial score (nSPS) is 16.7. The molecule has 248 valence electrons. The number of rotatable bonds is 20. The first-order valence-electron chi connectivity index (χ1n) is 13.7. The summed E-state index contributed by atoms with van der Waals surface area (Å²) in [7, 11) is 0. The van der Waals surface area contributed by atoms with E-state index in [1.165, 1.54) is 0 Å². The Morgan fingerprint density at radius 3 is 1.91 bits per heavy atom. The largest absolute Gasteiger partial charge is 0.481 e. The van der Waals surface area contributed by atoms with Crippen LogP contribution < -0.4 is 43.0 Å². The lowest BCUT2D eigenvalue weighted by Gasteiger charge is -2.24. The van der Waals surface area contributed by atoms with Crippen molar-refractivity contribution in [3.05, 3.63) is 0 Å². The highest BCUT2D eigenvalue weighted by Crippen LogP contribution is 2.05. The standard InChI is InChI=1S/C24H41N9O11/c25-24(26)28-8-2-4-14(23(43)44)32-20(40)13(5-6-18(37)38)31-22(42)16(11-35)33-21(41)15(10-34)30-17(36)9-29-19(39)12-3-1-7-27-12/h12-16,27,34-35H,1-11H2,(H,29,39)(H,30,36)(H,31,42)(H,32,40)(H,33,41)(H,37,38)(H,43,44)(H4,25,26,28)/t12-,13-,14-,15-,16-/m0/s1. The molecule has 1 heterocycles. The average molecular weight is 632 g/mol. The zero-order chi connectivity index (χ0) is 33.2. The van der Waals surface area contributed by atoms with Crippen molar-refractivity contribution in [1.29, 1.82) is 5.41 Å². The Morgan fingerprint density at radius 2 is 1.39 bits per heavy atom. The fourth-order valence-electron chi connectivity index (χ4n) is 3.97. The number of nitrogens with two attached hydrogens (primary N) is 1. The molecule has 20 heteroatoms. The van der Waals surface area contributed by atoms with Crippen molar-refractivity contribution in [3.63, 3.8) is 0 Å². The molecule has 0 saturated carbocycles. The number of amides is 5. The lowest BCUT2D eigenvalue weighted by molar-refractivity contribution is -0.143. The molecule has 1 aliphatic rings. The number of aliphatic carboxylic acids is 2. The number of hydrogen-bond acceptors (Lipinski definition) is 11. The van der Waals surface area contributed by atoms with Gasteiger partial charge in [0.25, 0.3) is 0 Å². The Kier molecular flexibility index (Phi) is 16.7. The van der Waals surface area contributed by atoms with E-state index in [1.54, 1.807) is 0 Å². The van der Waals surface area contributed by atoms with Gasteiger partial charge in [-0.2, -0.15) is 0 Å². The van der Waals surface area contributed by atoms with Crippen LogP contribution in [0.4, 0.5) is 0 Å². The smallest absolute Gasteiger partial charge is 0.326 e. The lowest BCUT2D eigenvalue weighted by Crippen LogP contribution is -2.59. The molecule has 5 amide bonds. The summed E-state index contributed by atoms with van der Waals surface area (Å²) < 4.78 is 0. The maximum absolute atomic E-state index is 12.8. The summed E-state index contributed by atoms with van der Waals surface area (Å²) in [5.74, 6) is -7.63. The number of carbonyl (C=O) groups is 7. The molecule has 0 aromatic rings. The number of aliphatic hydroxyl groups excluding tert-OH is 2. The fraction of sp³-hybridized carbons (Fsp3) is 0.667. The van der Waals surface area contributed by atoms with Crippen LogP contribution in [0.15, 0.2) is 0 Å².